The zero-order chi connectivity index (χ0) is 23.5. The molecule has 32 heavy (non-hydrogen) atoms. The molecule has 0 radical (unpaired) electrons. The fourth-order valence-corrected chi connectivity index (χ4v) is 4.78. The van der Waals surface area contributed by atoms with Crippen LogP contribution in [0, 0.1) is 19.7 Å². The predicted molar refractivity (Wildman–Crippen MR) is 127 cm³/mol. The fourth-order valence-electron chi connectivity index (χ4n) is 3.30. The van der Waals surface area contributed by atoms with Crippen molar-refractivity contribution >= 4 is 43.8 Å². The van der Waals surface area contributed by atoms with Gasteiger partial charge in [-0.25, -0.2) is 18.2 Å². The number of para-hydroxylation sites is 2. The standard InChI is InChI=1S/C22H22BrFN4O3S/c1-15-12-17(16(2)28(15)21-11-7-5-9-19(21)24)13-25-26-22(29)14-27(32(3,30)31)20-10-6-4-8-18(20)23/h4-13H,14H2,1-3H3,(H,26,29)/b25-13-. The van der Waals surface area contributed by atoms with E-state index < -0.39 is 22.5 Å². The smallest absolute Gasteiger partial charge is 0.260 e. The number of rotatable bonds is 7. The van der Waals surface area contributed by atoms with Crippen LogP contribution in [0.15, 0.2) is 64.2 Å². The summed E-state index contributed by atoms with van der Waals surface area (Å²) in [6.07, 6.45) is 2.47. The lowest BCUT2D eigenvalue weighted by Gasteiger charge is -2.22. The minimum Gasteiger partial charge on any atom is -0.315 e. The third-order valence-corrected chi connectivity index (χ3v) is 6.56. The molecule has 7 nitrogen and oxygen atoms in total. The number of amides is 1. The monoisotopic (exact) mass is 520 g/mol. The summed E-state index contributed by atoms with van der Waals surface area (Å²) < 4.78 is 41.9. The summed E-state index contributed by atoms with van der Waals surface area (Å²) in [7, 11) is -3.70. The number of benzene rings is 2. The van der Waals surface area contributed by atoms with E-state index in [-0.39, 0.29) is 5.82 Å². The molecule has 0 unspecified atom stereocenters. The molecule has 2 aromatic carbocycles. The quantitative estimate of drug-likeness (QED) is 0.378. The van der Waals surface area contributed by atoms with Gasteiger partial charge in [-0.3, -0.25) is 9.10 Å². The summed E-state index contributed by atoms with van der Waals surface area (Å²) in [5.74, 6) is -0.954. The number of nitrogens with one attached hydrogen (secondary N) is 1. The third-order valence-electron chi connectivity index (χ3n) is 4.77. The lowest BCUT2D eigenvalue weighted by Crippen LogP contribution is -2.39. The molecule has 1 aromatic heterocycles. The number of hydrogen-bond donors (Lipinski definition) is 1. The van der Waals surface area contributed by atoms with Gasteiger partial charge >= 0.3 is 0 Å². The Morgan fingerprint density at radius 2 is 1.84 bits per heavy atom. The summed E-state index contributed by atoms with van der Waals surface area (Å²) in [6, 6.07) is 15.0. The summed E-state index contributed by atoms with van der Waals surface area (Å²) in [6.45, 7) is 3.23. The number of carbonyl (C=O) groups is 1. The van der Waals surface area contributed by atoms with Gasteiger partial charge in [-0.05, 0) is 60.1 Å². The van der Waals surface area contributed by atoms with Gasteiger partial charge in [0.15, 0.2) is 0 Å². The second kappa shape index (κ2) is 9.66. The molecule has 0 aliphatic carbocycles. The molecule has 1 heterocycles. The molecule has 0 saturated carbocycles. The molecule has 0 aliphatic rings. The first-order valence-corrected chi connectivity index (χ1v) is 12.2. The highest BCUT2D eigenvalue weighted by Gasteiger charge is 2.22. The number of nitrogens with zero attached hydrogens (tertiary/aromatic N) is 3. The van der Waals surface area contributed by atoms with Crippen LogP contribution in [0.3, 0.4) is 0 Å². The van der Waals surface area contributed by atoms with E-state index in [1.165, 1.54) is 12.3 Å². The molecule has 0 bridgehead atoms. The van der Waals surface area contributed by atoms with Crippen molar-refractivity contribution in [2.45, 2.75) is 13.8 Å². The van der Waals surface area contributed by atoms with E-state index in [0.29, 0.717) is 21.4 Å². The van der Waals surface area contributed by atoms with Crippen LogP contribution in [0.4, 0.5) is 10.1 Å². The van der Waals surface area contributed by atoms with Gasteiger partial charge in [0.1, 0.15) is 12.4 Å². The first kappa shape index (κ1) is 23.7. The van der Waals surface area contributed by atoms with Gasteiger partial charge in [0.2, 0.25) is 10.0 Å². The number of hydrogen-bond acceptors (Lipinski definition) is 4. The number of halogens is 2. The second-order valence-electron chi connectivity index (χ2n) is 7.13. The molecule has 0 spiro atoms. The zero-order valence-corrected chi connectivity index (χ0v) is 20.1. The van der Waals surface area contributed by atoms with Crippen LogP contribution < -0.4 is 9.73 Å². The van der Waals surface area contributed by atoms with Crippen molar-refractivity contribution in [2.75, 3.05) is 17.1 Å². The molecule has 1 amide bonds. The van der Waals surface area contributed by atoms with Gasteiger partial charge in [0, 0.05) is 21.4 Å². The molecule has 0 fully saturated rings. The fraction of sp³-hybridized carbons (Fsp3) is 0.182. The molecule has 10 heteroatoms. The van der Waals surface area contributed by atoms with Gasteiger partial charge in [-0.2, -0.15) is 5.10 Å². The van der Waals surface area contributed by atoms with E-state index in [2.05, 4.69) is 26.5 Å². The number of anilines is 1. The average molecular weight is 521 g/mol. The maximum Gasteiger partial charge on any atom is 0.260 e. The first-order valence-electron chi connectivity index (χ1n) is 9.57. The highest BCUT2D eigenvalue weighted by Crippen LogP contribution is 2.27. The van der Waals surface area contributed by atoms with E-state index in [0.717, 1.165) is 21.9 Å². The van der Waals surface area contributed by atoms with Crippen molar-refractivity contribution in [2.24, 2.45) is 5.10 Å². The lowest BCUT2D eigenvalue weighted by atomic mass is 10.2. The molecule has 0 atom stereocenters. The molecule has 0 saturated heterocycles. The Hall–Kier alpha value is -2.98. The molecule has 0 aliphatic heterocycles. The summed E-state index contributed by atoms with van der Waals surface area (Å²) >= 11 is 3.31. The topological polar surface area (TPSA) is 83.8 Å². The minimum absolute atomic E-state index is 0.348. The number of aromatic nitrogens is 1. The maximum absolute atomic E-state index is 14.2. The number of aryl methyl sites for hydroxylation is 1. The highest BCUT2D eigenvalue weighted by molar-refractivity contribution is 9.10. The van der Waals surface area contributed by atoms with Crippen LogP contribution in [0.25, 0.3) is 5.69 Å². The van der Waals surface area contributed by atoms with E-state index in [1.807, 2.05) is 19.9 Å². The van der Waals surface area contributed by atoms with Crippen molar-refractivity contribution in [3.63, 3.8) is 0 Å². The van der Waals surface area contributed by atoms with Crippen molar-refractivity contribution < 1.29 is 17.6 Å². The Bertz CT molecular complexity index is 1290. The van der Waals surface area contributed by atoms with Crippen molar-refractivity contribution in [3.05, 3.63) is 81.8 Å². The Labute approximate surface area is 194 Å². The van der Waals surface area contributed by atoms with Crippen LogP contribution >= 0.6 is 15.9 Å². The highest BCUT2D eigenvalue weighted by atomic mass is 79.9. The van der Waals surface area contributed by atoms with Crippen molar-refractivity contribution in [1.82, 2.24) is 9.99 Å². The Morgan fingerprint density at radius 1 is 1.19 bits per heavy atom. The van der Waals surface area contributed by atoms with Gasteiger partial charge in [-0.1, -0.05) is 24.3 Å². The molecular weight excluding hydrogens is 499 g/mol. The van der Waals surface area contributed by atoms with Gasteiger partial charge in [0.25, 0.3) is 5.91 Å². The SMILES string of the molecule is Cc1cc(/C=N\NC(=O)CN(c2ccccc2Br)S(C)(=O)=O)c(C)n1-c1ccccc1F. The average Bonchev–Trinajstić information content (AvgIpc) is 3.00. The van der Waals surface area contributed by atoms with Crippen LogP contribution in [0.2, 0.25) is 0 Å². The summed E-state index contributed by atoms with van der Waals surface area (Å²) in [5, 5.41) is 3.96. The Balaban J connectivity index is 1.76. The summed E-state index contributed by atoms with van der Waals surface area (Å²) in [5.41, 5.74) is 5.37. The normalized spacial score (nSPS) is 11.7. The Morgan fingerprint density at radius 3 is 2.50 bits per heavy atom. The lowest BCUT2D eigenvalue weighted by molar-refractivity contribution is -0.119. The van der Waals surface area contributed by atoms with Gasteiger partial charge in [-0.15, -0.1) is 0 Å². The van der Waals surface area contributed by atoms with Gasteiger partial charge < -0.3 is 4.57 Å². The van der Waals surface area contributed by atoms with E-state index in [4.69, 9.17) is 0 Å². The predicted octanol–water partition coefficient (Wildman–Crippen LogP) is 3.91. The molecule has 1 N–H and O–H groups in total. The second-order valence-corrected chi connectivity index (χ2v) is 9.89. The number of carbonyl (C=O) groups excluding carboxylic acids is 1. The first-order chi connectivity index (χ1) is 15.1. The molecule has 3 aromatic rings. The molecule has 168 valence electrons. The molecule has 3 rings (SSSR count). The molecular formula is C22H22BrFN4O3S. The Kier molecular flexibility index (Phi) is 7.15. The maximum atomic E-state index is 14.2. The number of hydrazone groups is 1. The van der Waals surface area contributed by atoms with E-state index in [1.54, 1.807) is 47.0 Å². The van der Waals surface area contributed by atoms with E-state index in [9.17, 15) is 17.6 Å². The third kappa shape index (κ3) is 5.25. The number of sulfonamides is 1. The van der Waals surface area contributed by atoms with E-state index >= 15 is 0 Å². The van der Waals surface area contributed by atoms with Crippen LogP contribution in [0.5, 0.6) is 0 Å². The minimum atomic E-state index is -3.70. The van der Waals surface area contributed by atoms with Crippen LogP contribution in [0.1, 0.15) is 17.0 Å². The van der Waals surface area contributed by atoms with Crippen molar-refractivity contribution in [3.8, 4) is 5.69 Å². The van der Waals surface area contributed by atoms with Crippen molar-refractivity contribution in [1.29, 1.82) is 0 Å². The van der Waals surface area contributed by atoms with Crippen LogP contribution in [-0.4, -0.2) is 37.9 Å². The van der Waals surface area contributed by atoms with Crippen LogP contribution in [-0.2, 0) is 14.8 Å². The largest absolute Gasteiger partial charge is 0.315 e. The van der Waals surface area contributed by atoms with Gasteiger partial charge in [0.05, 0.1) is 23.8 Å². The zero-order valence-electron chi connectivity index (χ0n) is 17.7. The summed E-state index contributed by atoms with van der Waals surface area (Å²) in [4.78, 5) is 12.4.